The molecule has 18 heavy (non-hydrogen) atoms. The van der Waals surface area contributed by atoms with Gasteiger partial charge >= 0.3 is 0 Å². The minimum absolute atomic E-state index is 0.159. The Morgan fingerprint density at radius 1 is 1.50 bits per heavy atom. The first kappa shape index (κ1) is 12.2. The Bertz CT molecular complexity index is 535. The molecule has 5 heteroatoms. The quantitative estimate of drug-likeness (QED) is 0.864. The zero-order valence-electron chi connectivity index (χ0n) is 10.4. The molecule has 0 fully saturated rings. The number of aryl methyl sites for hydroxylation is 1. The van der Waals surface area contributed by atoms with Gasteiger partial charge in [-0.15, -0.1) is 0 Å². The molecule has 0 bridgehead atoms. The molecular formula is C13H15N3O2. The predicted octanol–water partition coefficient (Wildman–Crippen LogP) is 1.95. The Balaban J connectivity index is 2.09. The standard InChI is InChI=1S/C13H15N3O2/c1-9-5-12(14-2)11(7-15-9)13(17)16-6-10-3-4-18-8-10/h3-5,7-8H,6H2,1-2H3,(H,14,15)(H,16,17). The van der Waals surface area contributed by atoms with Crippen molar-refractivity contribution in [1.29, 1.82) is 0 Å². The molecule has 0 aromatic carbocycles. The van der Waals surface area contributed by atoms with E-state index >= 15 is 0 Å². The van der Waals surface area contributed by atoms with Crippen LogP contribution in [-0.2, 0) is 6.54 Å². The van der Waals surface area contributed by atoms with E-state index in [9.17, 15) is 4.79 Å². The van der Waals surface area contributed by atoms with Crippen LogP contribution in [0.5, 0.6) is 0 Å². The average Bonchev–Trinajstić information content (AvgIpc) is 2.88. The van der Waals surface area contributed by atoms with Gasteiger partial charge in [-0.05, 0) is 19.1 Å². The van der Waals surface area contributed by atoms with Gasteiger partial charge in [-0.25, -0.2) is 0 Å². The fraction of sp³-hybridized carbons (Fsp3) is 0.231. The van der Waals surface area contributed by atoms with Crippen LogP contribution in [0.1, 0.15) is 21.6 Å². The summed E-state index contributed by atoms with van der Waals surface area (Å²) in [6.45, 7) is 2.32. The second kappa shape index (κ2) is 5.35. The summed E-state index contributed by atoms with van der Waals surface area (Å²) < 4.78 is 4.94. The van der Waals surface area contributed by atoms with Gasteiger partial charge in [0.05, 0.1) is 23.8 Å². The van der Waals surface area contributed by atoms with Gasteiger partial charge in [0, 0.05) is 31.0 Å². The summed E-state index contributed by atoms with van der Waals surface area (Å²) in [4.78, 5) is 16.1. The van der Waals surface area contributed by atoms with Crippen LogP contribution in [0.25, 0.3) is 0 Å². The lowest BCUT2D eigenvalue weighted by Crippen LogP contribution is -2.23. The SMILES string of the molecule is CNc1cc(C)ncc1C(=O)NCc1ccoc1. The predicted molar refractivity (Wildman–Crippen MR) is 68.4 cm³/mol. The summed E-state index contributed by atoms with van der Waals surface area (Å²) in [6.07, 6.45) is 4.76. The van der Waals surface area contributed by atoms with E-state index in [0.29, 0.717) is 12.1 Å². The average molecular weight is 245 g/mol. The molecule has 0 aliphatic carbocycles. The molecular weight excluding hydrogens is 230 g/mol. The molecule has 2 heterocycles. The van der Waals surface area contributed by atoms with E-state index in [2.05, 4.69) is 15.6 Å². The Morgan fingerprint density at radius 3 is 3.00 bits per heavy atom. The van der Waals surface area contributed by atoms with Crippen LogP contribution in [0.2, 0.25) is 0 Å². The first-order valence-corrected chi connectivity index (χ1v) is 5.64. The number of pyridine rings is 1. The summed E-state index contributed by atoms with van der Waals surface area (Å²) in [5, 5.41) is 5.81. The number of hydrogen-bond donors (Lipinski definition) is 2. The van der Waals surface area contributed by atoms with Gasteiger partial charge in [0.2, 0.25) is 0 Å². The number of carbonyl (C=O) groups is 1. The van der Waals surface area contributed by atoms with Crippen molar-refractivity contribution < 1.29 is 9.21 Å². The third kappa shape index (κ3) is 2.68. The number of aromatic nitrogens is 1. The van der Waals surface area contributed by atoms with Gasteiger partial charge in [-0.2, -0.15) is 0 Å². The Morgan fingerprint density at radius 2 is 2.33 bits per heavy atom. The first-order chi connectivity index (χ1) is 8.70. The number of amides is 1. The molecule has 94 valence electrons. The van der Waals surface area contributed by atoms with Crippen molar-refractivity contribution in [3.63, 3.8) is 0 Å². The van der Waals surface area contributed by atoms with Crippen molar-refractivity contribution in [3.05, 3.63) is 47.7 Å². The lowest BCUT2D eigenvalue weighted by Gasteiger charge is -2.09. The molecule has 5 nitrogen and oxygen atoms in total. The van der Waals surface area contributed by atoms with Crippen molar-refractivity contribution in [1.82, 2.24) is 10.3 Å². The van der Waals surface area contributed by atoms with Gasteiger partial charge in [0.15, 0.2) is 0 Å². The molecule has 2 aromatic heterocycles. The summed E-state index contributed by atoms with van der Waals surface area (Å²) in [7, 11) is 1.78. The maximum atomic E-state index is 12.0. The van der Waals surface area contributed by atoms with E-state index in [0.717, 1.165) is 16.9 Å². The summed E-state index contributed by atoms with van der Waals surface area (Å²) in [5.74, 6) is -0.159. The molecule has 2 N–H and O–H groups in total. The van der Waals surface area contributed by atoms with Crippen LogP contribution in [0.15, 0.2) is 35.3 Å². The van der Waals surface area contributed by atoms with Gasteiger partial charge < -0.3 is 15.1 Å². The molecule has 0 atom stereocenters. The third-order valence-corrected chi connectivity index (χ3v) is 2.59. The largest absolute Gasteiger partial charge is 0.472 e. The molecule has 0 saturated carbocycles. The van der Waals surface area contributed by atoms with Crippen molar-refractivity contribution >= 4 is 11.6 Å². The zero-order valence-corrected chi connectivity index (χ0v) is 10.4. The number of anilines is 1. The molecule has 2 aromatic rings. The first-order valence-electron chi connectivity index (χ1n) is 5.64. The third-order valence-electron chi connectivity index (χ3n) is 2.59. The number of hydrogen-bond acceptors (Lipinski definition) is 4. The van der Waals surface area contributed by atoms with E-state index in [-0.39, 0.29) is 5.91 Å². The molecule has 0 aliphatic rings. The van der Waals surface area contributed by atoms with Crippen molar-refractivity contribution in [2.24, 2.45) is 0 Å². The normalized spacial score (nSPS) is 10.1. The summed E-state index contributed by atoms with van der Waals surface area (Å²) in [6, 6.07) is 3.65. The highest BCUT2D eigenvalue weighted by Crippen LogP contribution is 2.15. The van der Waals surface area contributed by atoms with Crippen LogP contribution in [0.4, 0.5) is 5.69 Å². The number of furan rings is 1. The highest BCUT2D eigenvalue weighted by Gasteiger charge is 2.11. The molecule has 0 unspecified atom stereocenters. The monoisotopic (exact) mass is 245 g/mol. The van der Waals surface area contributed by atoms with E-state index in [4.69, 9.17) is 4.42 Å². The minimum Gasteiger partial charge on any atom is -0.472 e. The van der Waals surface area contributed by atoms with Crippen LogP contribution >= 0.6 is 0 Å². The number of rotatable bonds is 4. The zero-order chi connectivity index (χ0) is 13.0. The lowest BCUT2D eigenvalue weighted by atomic mass is 10.2. The van der Waals surface area contributed by atoms with Crippen molar-refractivity contribution in [2.45, 2.75) is 13.5 Å². The number of nitrogens with zero attached hydrogens (tertiary/aromatic N) is 1. The highest BCUT2D eigenvalue weighted by molar-refractivity contribution is 5.99. The molecule has 1 amide bonds. The van der Waals surface area contributed by atoms with E-state index in [1.165, 1.54) is 0 Å². The second-order valence-electron chi connectivity index (χ2n) is 3.94. The number of carbonyl (C=O) groups excluding carboxylic acids is 1. The highest BCUT2D eigenvalue weighted by atomic mass is 16.3. The maximum Gasteiger partial charge on any atom is 0.255 e. The Kier molecular flexibility index (Phi) is 3.62. The molecule has 2 rings (SSSR count). The van der Waals surface area contributed by atoms with Gasteiger partial charge in [-0.3, -0.25) is 9.78 Å². The van der Waals surface area contributed by atoms with Crippen LogP contribution in [0.3, 0.4) is 0 Å². The van der Waals surface area contributed by atoms with E-state index < -0.39 is 0 Å². The Hall–Kier alpha value is -2.30. The van der Waals surface area contributed by atoms with Gasteiger partial charge in [0.25, 0.3) is 5.91 Å². The fourth-order valence-corrected chi connectivity index (χ4v) is 1.62. The van der Waals surface area contributed by atoms with Crippen molar-refractivity contribution in [3.8, 4) is 0 Å². The van der Waals surface area contributed by atoms with Gasteiger partial charge in [-0.1, -0.05) is 0 Å². The molecule has 0 spiro atoms. The molecule has 0 aliphatic heterocycles. The second-order valence-corrected chi connectivity index (χ2v) is 3.94. The maximum absolute atomic E-state index is 12.0. The molecule has 0 radical (unpaired) electrons. The fourth-order valence-electron chi connectivity index (χ4n) is 1.62. The summed E-state index contributed by atoms with van der Waals surface area (Å²) in [5.41, 5.74) is 3.10. The number of nitrogens with one attached hydrogen (secondary N) is 2. The molecule has 0 saturated heterocycles. The van der Waals surface area contributed by atoms with Crippen LogP contribution in [-0.4, -0.2) is 17.9 Å². The van der Waals surface area contributed by atoms with Crippen molar-refractivity contribution in [2.75, 3.05) is 12.4 Å². The van der Waals surface area contributed by atoms with E-state index in [1.807, 2.05) is 19.1 Å². The topological polar surface area (TPSA) is 67.2 Å². The summed E-state index contributed by atoms with van der Waals surface area (Å²) >= 11 is 0. The minimum atomic E-state index is -0.159. The lowest BCUT2D eigenvalue weighted by molar-refractivity contribution is 0.0951. The van der Waals surface area contributed by atoms with Crippen LogP contribution < -0.4 is 10.6 Å². The van der Waals surface area contributed by atoms with Crippen LogP contribution in [0, 0.1) is 6.92 Å². The Labute approximate surface area is 105 Å². The smallest absolute Gasteiger partial charge is 0.255 e. The van der Waals surface area contributed by atoms with E-state index in [1.54, 1.807) is 25.8 Å². The van der Waals surface area contributed by atoms with Gasteiger partial charge in [0.1, 0.15) is 0 Å².